The molecule has 6 heteroatoms. The lowest BCUT2D eigenvalue weighted by Crippen LogP contribution is -2.02. The molecule has 0 aromatic heterocycles. The van der Waals surface area contributed by atoms with E-state index in [4.69, 9.17) is 14.2 Å². The fourth-order valence-electron chi connectivity index (χ4n) is 2.27. The summed E-state index contributed by atoms with van der Waals surface area (Å²) < 4.78 is 16.4. The van der Waals surface area contributed by atoms with Crippen molar-refractivity contribution in [1.82, 2.24) is 0 Å². The number of rotatable bonds is 4. The van der Waals surface area contributed by atoms with E-state index >= 15 is 0 Å². The SMILES string of the molecule is COc1cccc(C(=O)/C(C#N)=C/c2cc3c(cc2Br)OCO3)c1. The first-order valence-corrected chi connectivity index (χ1v) is 7.81. The zero-order valence-corrected chi connectivity index (χ0v) is 14.3. The number of nitrogens with zero attached hydrogens (tertiary/aromatic N) is 1. The van der Waals surface area contributed by atoms with Crippen molar-refractivity contribution in [2.75, 3.05) is 13.9 Å². The highest BCUT2D eigenvalue weighted by Crippen LogP contribution is 2.37. The normalized spacial score (nSPS) is 12.6. The molecule has 0 unspecified atom stereocenters. The fraction of sp³-hybridized carbons (Fsp3) is 0.111. The molecule has 0 atom stereocenters. The summed E-state index contributed by atoms with van der Waals surface area (Å²) in [7, 11) is 1.52. The monoisotopic (exact) mass is 385 g/mol. The van der Waals surface area contributed by atoms with Crippen LogP contribution >= 0.6 is 15.9 Å². The molecule has 5 nitrogen and oxygen atoms in total. The number of ketones is 1. The van der Waals surface area contributed by atoms with Gasteiger partial charge in [0.1, 0.15) is 17.4 Å². The van der Waals surface area contributed by atoms with Gasteiger partial charge < -0.3 is 14.2 Å². The molecule has 0 saturated heterocycles. The molecule has 0 aliphatic carbocycles. The second kappa shape index (κ2) is 6.77. The predicted molar refractivity (Wildman–Crippen MR) is 91.2 cm³/mol. The number of nitriles is 1. The number of hydrogen-bond acceptors (Lipinski definition) is 5. The van der Waals surface area contributed by atoms with Crippen LogP contribution in [-0.2, 0) is 0 Å². The Morgan fingerprint density at radius 3 is 2.75 bits per heavy atom. The molecular weight excluding hydrogens is 374 g/mol. The van der Waals surface area contributed by atoms with Crippen LogP contribution in [0.5, 0.6) is 17.2 Å². The average Bonchev–Trinajstić information content (AvgIpc) is 3.06. The highest BCUT2D eigenvalue weighted by Gasteiger charge is 2.18. The van der Waals surface area contributed by atoms with E-state index in [-0.39, 0.29) is 18.1 Å². The summed E-state index contributed by atoms with van der Waals surface area (Å²) in [6.45, 7) is 0.156. The van der Waals surface area contributed by atoms with Gasteiger partial charge in [0.2, 0.25) is 12.6 Å². The third-order valence-electron chi connectivity index (χ3n) is 3.49. The molecule has 2 aromatic rings. The number of fused-ring (bicyclic) bond motifs is 1. The van der Waals surface area contributed by atoms with E-state index < -0.39 is 0 Å². The van der Waals surface area contributed by atoms with Crippen molar-refractivity contribution in [3.63, 3.8) is 0 Å². The Kier molecular flexibility index (Phi) is 4.54. The Morgan fingerprint density at radius 2 is 2.04 bits per heavy atom. The van der Waals surface area contributed by atoms with E-state index in [1.165, 1.54) is 13.2 Å². The van der Waals surface area contributed by atoms with Gasteiger partial charge in [-0.3, -0.25) is 4.79 Å². The van der Waals surface area contributed by atoms with Crippen LogP contribution < -0.4 is 14.2 Å². The zero-order chi connectivity index (χ0) is 17.1. The minimum absolute atomic E-state index is 0.0165. The number of benzene rings is 2. The van der Waals surface area contributed by atoms with Gasteiger partial charge in [-0.1, -0.05) is 28.1 Å². The van der Waals surface area contributed by atoms with Crippen LogP contribution in [0, 0.1) is 11.3 Å². The van der Waals surface area contributed by atoms with E-state index in [0.29, 0.717) is 32.8 Å². The lowest BCUT2D eigenvalue weighted by Gasteiger charge is -2.05. The first-order chi connectivity index (χ1) is 11.6. The standard InChI is InChI=1S/C18H12BrNO4/c1-22-14-4-2-3-11(6-14)18(21)13(9-20)5-12-7-16-17(8-15(12)19)24-10-23-16/h2-8H,10H2,1H3/b13-5+. The second-order valence-electron chi connectivity index (χ2n) is 4.96. The molecule has 1 aliphatic heterocycles. The number of hydrogen-bond donors (Lipinski definition) is 0. The van der Waals surface area contributed by atoms with Crippen molar-refractivity contribution in [3.8, 4) is 23.3 Å². The van der Waals surface area contributed by atoms with Crippen LogP contribution in [0.2, 0.25) is 0 Å². The number of carbonyl (C=O) groups is 1. The molecule has 2 aromatic carbocycles. The molecule has 1 aliphatic rings. The summed E-state index contributed by atoms with van der Waals surface area (Å²) in [5.74, 6) is 1.38. The number of Topliss-reactive ketones (excluding diaryl/α,β-unsaturated/α-hetero) is 1. The molecule has 0 saturated carbocycles. The Balaban J connectivity index is 1.98. The molecule has 0 bridgehead atoms. The minimum Gasteiger partial charge on any atom is -0.497 e. The Hall–Kier alpha value is -2.78. The van der Waals surface area contributed by atoms with Crippen molar-refractivity contribution >= 4 is 27.8 Å². The molecule has 0 N–H and O–H groups in total. The first-order valence-electron chi connectivity index (χ1n) is 7.02. The molecule has 3 rings (SSSR count). The number of ether oxygens (including phenoxy) is 3. The van der Waals surface area contributed by atoms with Crippen molar-refractivity contribution in [2.45, 2.75) is 0 Å². The van der Waals surface area contributed by atoms with E-state index in [1.807, 2.05) is 6.07 Å². The van der Waals surface area contributed by atoms with Crippen LogP contribution in [0.15, 0.2) is 46.4 Å². The molecular formula is C18H12BrNO4. The van der Waals surface area contributed by atoms with E-state index in [0.717, 1.165) is 0 Å². The fourth-order valence-corrected chi connectivity index (χ4v) is 2.70. The molecule has 0 spiro atoms. The van der Waals surface area contributed by atoms with Gasteiger partial charge in [-0.25, -0.2) is 0 Å². The zero-order valence-electron chi connectivity index (χ0n) is 12.7. The maximum atomic E-state index is 12.6. The van der Waals surface area contributed by atoms with Crippen LogP contribution in [-0.4, -0.2) is 19.7 Å². The van der Waals surface area contributed by atoms with Gasteiger partial charge >= 0.3 is 0 Å². The van der Waals surface area contributed by atoms with Crippen molar-refractivity contribution in [3.05, 3.63) is 57.6 Å². The predicted octanol–water partition coefficient (Wildman–Crippen LogP) is 3.98. The van der Waals surface area contributed by atoms with Gasteiger partial charge in [0.25, 0.3) is 0 Å². The first kappa shape index (κ1) is 16.1. The van der Waals surface area contributed by atoms with Crippen molar-refractivity contribution in [2.24, 2.45) is 0 Å². The number of methoxy groups -OCH3 is 1. The highest BCUT2D eigenvalue weighted by molar-refractivity contribution is 9.10. The highest BCUT2D eigenvalue weighted by atomic mass is 79.9. The van der Waals surface area contributed by atoms with Crippen molar-refractivity contribution < 1.29 is 19.0 Å². The molecule has 24 heavy (non-hydrogen) atoms. The van der Waals surface area contributed by atoms with Crippen LogP contribution in [0.1, 0.15) is 15.9 Å². The summed E-state index contributed by atoms with van der Waals surface area (Å²) >= 11 is 3.41. The van der Waals surface area contributed by atoms with Crippen molar-refractivity contribution in [1.29, 1.82) is 5.26 Å². The lowest BCUT2D eigenvalue weighted by molar-refractivity contribution is 0.103. The molecule has 0 radical (unpaired) electrons. The second-order valence-corrected chi connectivity index (χ2v) is 5.81. The smallest absolute Gasteiger partial charge is 0.231 e. The molecule has 120 valence electrons. The summed E-state index contributed by atoms with van der Waals surface area (Å²) in [6.07, 6.45) is 1.52. The number of carbonyl (C=O) groups excluding carboxylic acids is 1. The third-order valence-corrected chi connectivity index (χ3v) is 4.18. The van der Waals surface area contributed by atoms with Crippen LogP contribution in [0.3, 0.4) is 0 Å². The van der Waals surface area contributed by atoms with Gasteiger partial charge in [0.15, 0.2) is 11.5 Å². The van der Waals surface area contributed by atoms with E-state index in [1.54, 1.807) is 36.4 Å². The van der Waals surface area contributed by atoms with Gasteiger partial charge in [-0.2, -0.15) is 5.26 Å². The molecule has 1 heterocycles. The van der Waals surface area contributed by atoms with Gasteiger partial charge in [0.05, 0.1) is 7.11 Å². The topological polar surface area (TPSA) is 68.6 Å². The molecule has 0 fully saturated rings. The lowest BCUT2D eigenvalue weighted by atomic mass is 10.0. The van der Waals surface area contributed by atoms with Crippen LogP contribution in [0.25, 0.3) is 6.08 Å². The summed E-state index contributed by atoms with van der Waals surface area (Å²) in [4.78, 5) is 12.6. The summed E-state index contributed by atoms with van der Waals surface area (Å²) in [5, 5.41) is 9.39. The van der Waals surface area contributed by atoms with Gasteiger partial charge in [-0.05, 0) is 35.9 Å². The Bertz CT molecular complexity index is 883. The minimum atomic E-state index is -0.374. The van der Waals surface area contributed by atoms with E-state index in [9.17, 15) is 10.1 Å². The summed E-state index contributed by atoms with van der Waals surface area (Å²) in [6, 6.07) is 12.1. The average molecular weight is 386 g/mol. The maximum Gasteiger partial charge on any atom is 0.231 e. The largest absolute Gasteiger partial charge is 0.497 e. The number of halogens is 1. The Labute approximate surface area is 147 Å². The number of allylic oxidation sites excluding steroid dienone is 1. The maximum absolute atomic E-state index is 12.6. The van der Waals surface area contributed by atoms with E-state index in [2.05, 4.69) is 15.9 Å². The molecule has 0 amide bonds. The van der Waals surface area contributed by atoms with Gasteiger partial charge in [-0.15, -0.1) is 0 Å². The third kappa shape index (κ3) is 3.12. The van der Waals surface area contributed by atoms with Gasteiger partial charge in [0, 0.05) is 10.0 Å². The quantitative estimate of drug-likeness (QED) is 0.452. The summed E-state index contributed by atoms with van der Waals surface area (Å²) in [5.41, 5.74) is 1.06. The Morgan fingerprint density at radius 1 is 1.29 bits per heavy atom. The van der Waals surface area contributed by atoms with Crippen LogP contribution in [0.4, 0.5) is 0 Å².